The molecular weight excluding hydrogens is 338 g/mol. The Morgan fingerprint density at radius 2 is 2.12 bits per heavy atom. The van der Waals surface area contributed by atoms with Crippen LogP contribution >= 0.6 is 11.3 Å². The van der Waals surface area contributed by atoms with Crippen LogP contribution in [0.15, 0.2) is 30.5 Å². The lowest BCUT2D eigenvalue weighted by Crippen LogP contribution is -2.26. The molecule has 1 aliphatic carbocycles. The Labute approximate surface area is 148 Å². The maximum Gasteiger partial charge on any atom is 0.251 e. The van der Waals surface area contributed by atoms with E-state index in [-0.39, 0.29) is 19.1 Å². The minimum Gasteiger partial charge on any atom is -0.395 e. The monoisotopic (exact) mass is 357 g/mol. The first-order valence-electron chi connectivity index (χ1n) is 8.32. The fourth-order valence-electron chi connectivity index (χ4n) is 2.58. The van der Waals surface area contributed by atoms with Crippen LogP contribution in [-0.4, -0.2) is 45.3 Å². The number of nitrogens with zero attached hydrogens (tertiary/aromatic N) is 3. The van der Waals surface area contributed by atoms with Crippen molar-refractivity contribution < 1.29 is 9.90 Å². The molecule has 0 bridgehead atoms. The van der Waals surface area contributed by atoms with Crippen molar-refractivity contribution in [1.29, 1.82) is 0 Å². The highest BCUT2D eigenvalue weighted by molar-refractivity contribution is 7.20. The number of carbonyl (C=O) groups is 1. The van der Waals surface area contributed by atoms with Crippen LogP contribution in [0.2, 0.25) is 0 Å². The van der Waals surface area contributed by atoms with Gasteiger partial charge in [-0.1, -0.05) is 23.5 Å². The molecule has 8 heteroatoms. The fourth-order valence-corrected chi connectivity index (χ4v) is 3.36. The summed E-state index contributed by atoms with van der Waals surface area (Å²) in [7, 11) is 0. The molecule has 0 aliphatic heterocycles. The molecule has 1 fully saturated rings. The van der Waals surface area contributed by atoms with Crippen LogP contribution in [0, 0.1) is 5.92 Å². The molecule has 0 radical (unpaired) electrons. The summed E-state index contributed by atoms with van der Waals surface area (Å²) in [4.78, 5) is 17.2. The van der Waals surface area contributed by atoms with Gasteiger partial charge in [-0.05, 0) is 30.9 Å². The second kappa shape index (κ2) is 6.81. The van der Waals surface area contributed by atoms with E-state index >= 15 is 0 Å². The number of hydrogen-bond donors (Lipinski definition) is 3. The zero-order valence-corrected chi connectivity index (χ0v) is 14.4. The summed E-state index contributed by atoms with van der Waals surface area (Å²) in [5.74, 6) is 0.597. The lowest BCUT2D eigenvalue weighted by Gasteiger charge is -2.04. The summed E-state index contributed by atoms with van der Waals surface area (Å²) in [6, 6.07) is 7.29. The number of carbonyl (C=O) groups excluding carboxylic acids is 1. The first-order valence-corrected chi connectivity index (χ1v) is 9.14. The van der Waals surface area contributed by atoms with Crippen molar-refractivity contribution in [3.63, 3.8) is 0 Å². The Hall–Kier alpha value is -2.45. The lowest BCUT2D eigenvalue weighted by molar-refractivity contribution is 0.0945. The molecule has 2 aromatic heterocycles. The van der Waals surface area contributed by atoms with Crippen LogP contribution in [0.3, 0.4) is 0 Å². The summed E-state index contributed by atoms with van der Waals surface area (Å²) in [5.41, 5.74) is 2.40. The zero-order chi connectivity index (χ0) is 17.2. The Kier molecular flexibility index (Phi) is 4.37. The Bertz CT molecular complexity index is 882. The Morgan fingerprint density at radius 1 is 1.32 bits per heavy atom. The number of nitrogens with one attached hydrogen (secondary N) is 2. The lowest BCUT2D eigenvalue weighted by atomic mass is 10.1. The van der Waals surface area contributed by atoms with Crippen molar-refractivity contribution >= 4 is 27.3 Å². The van der Waals surface area contributed by atoms with E-state index in [1.807, 2.05) is 16.6 Å². The van der Waals surface area contributed by atoms with E-state index in [0.717, 1.165) is 33.8 Å². The minimum absolute atomic E-state index is 0.0709. The van der Waals surface area contributed by atoms with Crippen LogP contribution in [0.4, 0.5) is 5.13 Å². The summed E-state index contributed by atoms with van der Waals surface area (Å²) < 4.78 is 1.83. The molecule has 3 aromatic rings. The summed E-state index contributed by atoms with van der Waals surface area (Å²) in [6.45, 7) is 1.15. The van der Waals surface area contributed by atoms with Gasteiger partial charge in [0.2, 0.25) is 10.1 Å². The standard InChI is InChI=1S/C17H19N5O2S/c23-8-7-18-15(24)13-5-3-12(4-6-13)14-10-20-17-22(14)21-16(25-17)19-9-11-1-2-11/h3-6,10-11,23H,1-2,7-9H2,(H,18,24)(H,19,21). The van der Waals surface area contributed by atoms with Crippen molar-refractivity contribution in [3.05, 3.63) is 36.0 Å². The minimum atomic E-state index is -0.195. The number of benzene rings is 1. The number of hydrogen-bond acceptors (Lipinski definition) is 6. The molecule has 7 nitrogen and oxygen atoms in total. The highest BCUT2D eigenvalue weighted by atomic mass is 32.1. The predicted molar refractivity (Wildman–Crippen MR) is 96.9 cm³/mol. The van der Waals surface area contributed by atoms with E-state index < -0.39 is 0 Å². The number of aliphatic hydroxyl groups excluding tert-OH is 1. The van der Waals surface area contributed by atoms with Crippen LogP contribution in [-0.2, 0) is 0 Å². The van der Waals surface area contributed by atoms with Crippen molar-refractivity contribution in [2.45, 2.75) is 12.8 Å². The molecule has 130 valence electrons. The van der Waals surface area contributed by atoms with Gasteiger partial charge in [-0.2, -0.15) is 0 Å². The molecular formula is C17H19N5O2S. The Balaban J connectivity index is 1.53. The van der Waals surface area contributed by atoms with Gasteiger partial charge in [0, 0.05) is 24.2 Å². The molecule has 3 N–H and O–H groups in total. The maximum atomic E-state index is 11.9. The summed E-state index contributed by atoms with van der Waals surface area (Å²) in [5, 5.41) is 20.3. The summed E-state index contributed by atoms with van der Waals surface area (Å²) in [6.07, 6.45) is 4.41. The van der Waals surface area contributed by atoms with Gasteiger partial charge in [-0.15, -0.1) is 5.10 Å². The quantitative estimate of drug-likeness (QED) is 0.602. The summed E-state index contributed by atoms with van der Waals surface area (Å²) >= 11 is 1.54. The SMILES string of the molecule is O=C(NCCO)c1ccc(-c2cnc3sc(NCC4CC4)nn23)cc1. The maximum absolute atomic E-state index is 11.9. The molecule has 1 aromatic carbocycles. The smallest absolute Gasteiger partial charge is 0.251 e. The van der Waals surface area contributed by atoms with Gasteiger partial charge in [0.25, 0.3) is 5.91 Å². The third-order valence-electron chi connectivity index (χ3n) is 4.16. The van der Waals surface area contributed by atoms with Crippen LogP contribution < -0.4 is 10.6 Å². The molecule has 1 saturated carbocycles. The molecule has 0 spiro atoms. The van der Waals surface area contributed by atoms with Gasteiger partial charge < -0.3 is 15.7 Å². The highest BCUT2D eigenvalue weighted by Gasteiger charge is 2.21. The average Bonchev–Trinajstić information content (AvgIpc) is 3.26. The van der Waals surface area contributed by atoms with Crippen molar-refractivity contribution in [3.8, 4) is 11.3 Å². The van der Waals surface area contributed by atoms with Gasteiger partial charge in [-0.25, -0.2) is 9.50 Å². The van der Waals surface area contributed by atoms with E-state index in [1.165, 1.54) is 12.8 Å². The molecule has 1 amide bonds. The fraction of sp³-hybridized carbons (Fsp3) is 0.353. The zero-order valence-electron chi connectivity index (χ0n) is 13.6. The molecule has 1 aliphatic rings. The highest BCUT2D eigenvalue weighted by Crippen LogP contribution is 2.30. The van der Waals surface area contributed by atoms with Crippen LogP contribution in [0.5, 0.6) is 0 Å². The van der Waals surface area contributed by atoms with Gasteiger partial charge in [-0.3, -0.25) is 4.79 Å². The van der Waals surface area contributed by atoms with Gasteiger partial charge >= 0.3 is 0 Å². The molecule has 0 unspecified atom stereocenters. The number of rotatable bonds is 7. The molecule has 0 atom stereocenters. The van der Waals surface area contributed by atoms with Crippen molar-refractivity contribution in [2.75, 3.05) is 25.0 Å². The number of amides is 1. The first-order chi connectivity index (χ1) is 12.2. The third-order valence-corrected chi connectivity index (χ3v) is 5.04. The predicted octanol–water partition coefficient (Wildman–Crippen LogP) is 2.00. The normalized spacial score (nSPS) is 14.0. The van der Waals surface area contributed by atoms with Crippen molar-refractivity contribution in [2.24, 2.45) is 5.92 Å². The largest absolute Gasteiger partial charge is 0.395 e. The first kappa shape index (κ1) is 16.0. The number of aliphatic hydroxyl groups is 1. The third kappa shape index (κ3) is 3.49. The van der Waals surface area contributed by atoms with E-state index in [4.69, 9.17) is 5.11 Å². The number of fused-ring (bicyclic) bond motifs is 1. The van der Waals surface area contributed by atoms with Crippen LogP contribution in [0.1, 0.15) is 23.2 Å². The second-order valence-corrected chi connectivity index (χ2v) is 7.08. The van der Waals surface area contributed by atoms with Crippen LogP contribution in [0.25, 0.3) is 16.2 Å². The van der Waals surface area contributed by atoms with E-state index in [1.54, 1.807) is 29.7 Å². The topological polar surface area (TPSA) is 91.5 Å². The van der Waals surface area contributed by atoms with Gasteiger partial charge in [0.05, 0.1) is 18.5 Å². The van der Waals surface area contributed by atoms with Crippen molar-refractivity contribution in [1.82, 2.24) is 19.9 Å². The number of aromatic nitrogens is 3. The molecule has 25 heavy (non-hydrogen) atoms. The second-order valence-electron chi connectivity index (χ2n) is 6.13. The number of anilines is 1. The van der Waals surface area contributed by atoms with E-state index in [2.05, 4.69) is 20.7 Å². The van der Waals surface area contributed by atoms with E-state index in [0.29, 0.717) is 5.56 Å². The van der Waals surface area contributed by atoms with E-state index in [9.17, 15) is 4.79 Å². The van der Waals surface area contributed by atoms with Gasteiger partial charge in [0.1, 0.15) is 0 Å². The van der Waals surface area contributed by atoms with Gasteiger partial charge in [0.15, 0.2) is 0 Å². The Morgan fingerprint density at radius 3 is 2.84 bits per heavy atom. The molecule has 0 saturated heterocycles. The molecule has 2 heterocycles. The molecule has 4 rings (SSSR count). The number of imidazole rings is 1. The average molecular weight is 357 g/mol.